The molecule has 47 nitrogen and oxygen atoms in total. The van der Waals surface area contributed by atoms with Crippen LogP contribution in [0.5, 0.6) is 0 Å². The molecule has 8 heterocycles. The van der Waals surface area contributed by atoms with Gasteiger partial charge in [-0.3, -0.25) is 9.59 Å². The standard InChI is InChI=1S/C97H153NO46/c1-15-92(10,126)25-17-19-44(33-100)80(124)138-74-40(3)131-86(72(121)68(74)117)144-93(11,16-2)26-18-20-43(32-99)79(123)136-57-31-97(89(125)143-88-78(67(116)62(111)50(35-102)134-88)142-85-73(122)76(140-84-71(120)66(115)61(110)49(34-101)132-84)75(41(4)130-85)139-83-70(119)63(112)51(36-103)133-83)46(29-90(57,6)7)45-21-22-54-94(12)27-24-56(91(8,9)53(94)23-28-95(54,13)96(45,14)30-55(97)107)137-81-58(98-42(5)104)65(114)64(113)52(135-81)39-129-87-77(60(109)48(106)38-128-87)141-82-69(118)59(108)47(105)37-127-82/h15-16,19-21,40-41,46-78,81-88,99-103,105-122,126H,1-2,17-18,22-39H2,3-14H3,(H,98,104). The molecule has 25 N–H and O–H groups in total. The molecule has 1 amide bonds. The zero-order chi connectivity index (χ0) is 106. The van der Waals surface area contributed by atoms with Crippen LogP contribution in [-0.4, -0.2) is 456 Å². The van der Waals surface area contributed by atoms with Crippen LogP contribution in [-0.2, 0) is 104 Å². The lowest BCUT2D eigenvalue weighted by Gasteiger charge is -2.72. The first-order chi connectivity index (χ1) is 67.5. The van der Waals surface area contributed by atoms with Gasteiger partial charge in [0, 0.05) is 18.8 Å². The lowest BCUT2D eigenvalue weighted by molar-refractivity contribution is -0.390. The average molecular weight is 2070 g/mol. The van der Waals surface area contributed by atoms with Crippen molar-refractivity contribution in [3.05, 3.63) is 60.3 Å². The summed E-state index contributed by atoms with van der Waals surface area (Å²) in [6.07, 6.45) is -59.4. The van der Waals surface area contributed by atoms with Gasteiger partial charge < -0.3 is 213 Å². The third-order valence-electron chi connectivity index (χ3n) is 33.6. The number of rotatable bonds is 35. The second-order valence-corrected chi connectivity index (χ2v) is 43.7. The maximum Gasteiger partial charge on any atom is 0.336 e. The van der Waals surface area contributed by atoms with Crippen LogP contribution in [0, 0.1) is 50.2 Å². The Balaban J connectivity index is 0.786. The summed E-state index contributed by atoms with van der Waals surface area (Å²) >= 11 is 0. The minimum atomic E-state index is -2.30. The predicted octanol–water partition coefficient (Wildman–Crippen LogP) is -6.31. The van der Waals surface area contributed by atoms with Gasteiger partial charge in [-0.25, -0.2) is 9.59 Å². The number of esters is 3. The number of ether oxygens (including phenoxy) is 18. The van der Waals surface area contributed by atoms with Crippen LogP contribution in [0.2, 0.25) is 0 Å². The first kappa shape index (κ1) is 116. The van der Waals surface area contributed by atoms with Crippen LogP contribution in [0.4, 0.5) is 0 Å². The Labute approximate surface area is 833 Å². The van der Waals surface area contributed by atoms with Gasteiger partial charge in [-0.2, -0.15) is 0 Å². The van der Waals surface area contributed by atoms with Crippen molar-refractivity contribution < 1.29 is 227 Å². The van der Waals surface area contributed by atoms with Gasteiger partial charge in [0.25, 0.3) is 0 Å². The van der Waals surface area contributed by atoms with Gasteiger partial charge in [0.1, 0.15) is 164 Å². The molecule has 4 saturated carbocycles. The Kier molecular flexibility index (Phi) is 37.2. The number of amides is 1. The molecular weight excluding hydrogens is 1920 g/mol. The molecule has 13 rings (SSSR count). The van der Waals surface area contributed by atoms with Crippen molar-refractivity contribution in [3.8, 4) is 0 Å². The summed E-state index contributed by atoms with van der Waals surface area (Å²) in [6, 6.07) is -1.38. The van der Waals surface area contributed by atoms with E-state index < -0.39 is 378 Å². The molecule has 822 valence electrons. The summed E-state index contributed by atoms with van der Waals surface area (Å²) in [7, 11) is 0. The second kappa shape index (κ2) is 46.1. The highest BCUT2D eigenvalue weighted by atomic mass is 16.8. The Bertz CT molecular complexity index is 4450. The highest BCUT2D eigenvalue weighted by Crippen LogP contribution is 2.76. The molecular formula is C97H153NO46. The summed E-state index contributed by atoms with van der Waals surface area (Å²) in [4.78, 5) is 58.4. The number of aliphatic hydroxyl groups is 24. The Morgan fingerprint density at radius 1 is 0.479 bits per heavy atom. The monoisotopic (exact) mass is 2070 g/mol. The summed E-state index contributed by atoms with van der Waals surface area (Å²) in [6.45, 7) is 22.5. The minimum absolute atomic E-state index is 0.0567. The van der Waals surface area contributed by atoms with Crippen LogP contribution in [0.15, 0.2) is 60.3 Å². The van der Waals surface area contributed by atoms with Gasteiger partial charge in [0.15, 0.2) is 56.2 Å². The Morgan fingerprint density at radius 2 is 0.979 bits per heavy atom. The SMILES string of the molecule is C=CC(C)(O)CCC=C(CO)C(=O)OC1C(C)OC(OC(C)(C=C)CCC=C(CO)C(=O)OC2CC3(C(=O)OC4OC(CO)C(O)C(O)C4OC4OC(C)C(OC5OC(CO)C(O)C5O)C(OC5OC(CO)C(O)C(O)C5O)C4O)C(O)CC4(C)C(=CCC5C6(C)CCC(OC7OC(COC8OCC(O)C(O)C8OC8OCC(O)C(O)C8O)C(O)C(O)C7NC(C)=O)C(C)(C)C6CCC54C)C3CC2(C)C)C(O)C1O. The fourth-order valence-electron chi connectivity index (χ4n) is 24.4. The summed E-state index contributed by atoms with van der Waals surface area (Å²) in [5.41, 5.74) is -9.14. The third kappa shape index (κ3) is 22.7. The second-order valence-electron chi connectivity index (χ2n) is 43.7. The molecule has 0 spiro atoms. The number of aliphatic hydroxyl groups excluding tert-OH is 23. The van der Waals surface area contributed by atoms with Gasteiger partial charge in [-0.1, -0.05) is 84.4 Å². The lowest BCUT2D eigenvalue weighted by Crippen LogP contribution is -2.70. The van der Waals surface area contributed by atoms with Crippen LogP contribution in [0.3, 0.4) is 0 Å². The van der Waals surface area contributed by atoms with Crippen molar-refractivity contribution in [2.45, 2.75) is 417 Å². The minimum Gasteiger partial charge on any atom is -0.458 e. The van der Waals surface area contributed by atoms with Crippen LogP contribution < -0.4 is 5.32 Å². The van der Waals surface area contributed by atoms with E-state index in [1.165, 1.54) is 52.0 Å². The molecule has 0 aromatic carbocycles. The van der Waals surface area contributed by atoms with Crippen LogP contribution in [0.1, 0.15) is 160 Å². The molecule has 0 bridgehead atoms. The summed E-state index contributed by atoms with van der Waals surface area (Å²) < 4.78 is 110. The first-order valence-electron chi connectivity index (χ1n) is 49.6. The van der Waals surface area contributed by atoms with Crippen molar-refractivity contribution >= 4 is 23.8 Å². The predicted molar refractivity (Wildman–Crippen MR) is 485 cm³/mol. The maximum atomic E-state index is 16.9. The smallest absolute Gasteiger partial charge is 0.336 e. The van der Waals surface area contributed by atoms with E-state index in [1.54, 1.807) is 20.8 Å². The van der Waals surface area contributed by atoms with Crippen molar-refractivity contribution in [1.29, 1.82) is 0 Å². The van der Waals surface area contributed by atoms with Crippen molar-refractivity contribution in [2.75, 3.05) is 52.9 Å². The van der Waals surface area contributed by atoms with Gasteiger partial charge >= 0.3 is 17.9 Å². The summed E-state index contributed by atoms with van der Waals surface area (Å²) in [5, 5.41) is 271. The van der Waals surface area contributed by atoms with E-state index in [1.807, 2.05) is 20.8 Å². The van der Waals surface area contributed by atoms with E-state index in [0.29, 0.717) is 37.7 Å². The van der Waals surface area contributed by atoms with Crippen LogP contribution in [0.25, 0.3) is 0 Å². The molecule has 12 fully saturated rings. The molecule has 49 atom stereocenters. The summed E-state index contributed by atoms with van der Waals surface area (Å²) in [5.74, 6) is -5.48. The van der Waals surface area contributed by atoms with Crippen LogP contribution >= 0.6 is 0 Å². The third-order valence-corrected chi connectivity index (χ3v) is 33.6. The van der Waals surface area contributed by atoms with Gasteiger partial charge in [-0.15, -0.1) is 13.2 Å². The highest BCUT2D eigenvalue weighted by Gasteiger charge is 2.74. The van der Waals surface area contributed by atoms with Crippen molar-refractivity contribution in [3.63, 3.8) is 0 Å². The molecule has 0 aromatic rings. The van der Waals surface area contributed by atoms with Gasteiger partial charge in [-0.05, 0) is 138 Å². The number of allylic oxidation sites excluding steroid dienone is 4. The van der Waals surface area contributed by atoms with Crippen molar-refractivity contribution in [2.24, 2.45) is 50.2 Å². The van der Waals surface area contributed by atoms with E-state index >= 15 is 9.59 Å². The van der Waals surface area contributed by atoms with E-state index in [9.17, 15) is 132 Å². The van der Waals surface area contributed by atoms with E-state index in [-0.39, 0.29) is 61.5 Å². The molecule has 5 aliphatic carbocycles. The maximum absolute atomic E-state index is 16.9. The largest absolute Gasteiger partial charge is 0.458 e. The molecule has 47 heteroatoms. The van der Waals surface area contributed by atoms with E-state index in [2.05, 4.69) is 38.4 Å². The fraction of sp³-hybridized carbons (Fsp3) is 0.856. The molecule has 8 aliphatic heterocycles. The fourth-order valence-corrected chi connectivity index (χ4v) is 24.4. The number of carbonyl (C=O) groups is 4. The Morgan fingerprint density at radius 3 is 1.58 bits per heavy atom. The normalized spacial score (nSPS) is 47.4. The molecule has 144 heavy (non-hydrogen) atoms. The number of hydrogen-bond donors (Lipinski definition) is 25. The molecule has 8 saturated heterocycles. The van der Waals surface area contributed by atoms with Gasteiger partial charge in [0.05, 0.1) is 99.6 Å². The zero-order valence-corrected chi connectivity index (χ0v) is 83.0. The zero-order valence-electron chi connectivity index (χ0n) is 83.0. The number of carbonyl (C=O) groups excluding carboxylic acids is 4. The number of fused-ring (bicyclic) bond motifs is 7. The molecule has 49 unspecified atom stereocenters. The molecule has 13 aliphatic rings. The van der Waals surface area contributed by atoms with Gasteiger partial charge in [0.2, 0.25) is 12.2 Å². The quantitative estimate of drug-likeness (QED) is 0.00923. The van der Waals surface area contributed by atoms with E-state index in [0.717, 1.165) is 0 Å². The topological polar surface area (TPSA) is 732 Å². The number of nitrogens with one attached hydrogen (secondary N) is 1. The lowest BCUT2D eigenvalue weighted by atomic mass is 9.33. The molecule has 0 aromatic heterocycles. The molecule has 0 radical (unpaired) electrons. The average Bonchev–Trinajstić information content (AvgIpc) is 0.679. The first-order valence-corrected chi connectivity index (χ1v) is 49.6. The Hall–Kier alpha value is -4.98. The van der Waals surface area contributed by atoms with E-state index in [4.69, 9.17) is 85.3 Å². The highest BCUT2D eigenvalue weighted by molar-refractivity contribution is 5.89. The number of hydrogen-bond acceptors (Lipinski definition) is 46. The van der Waals surface area contributed by atoms with Crippen molar-refractivity contribution in [1.82, 2.24) is 5.32 Å².